The minimum atomic E-state index is -2.87. The molecule has 1 aliphatic rings. The zero-order valence-electron chi connectivity index (χ0n) is 32.4. The molecule has 2 rings (SSSR count). The second-order valence-electron chi connectivity index (χ2n) is 14.7. The van der Waals surface area contributed by atoms with Crippen LogP contribution >= 0.6 is 0 Å². The summed E-state index contributed by atoms with van der Waals surface area (Å²) in [4.78, 5) is 89.4. The fourth-order valence-corrected chi connectivity index (χ4v) is 5.16. The van der Waals surface area contributed by atoms with Gasteiger partial charge in [-0.15, -0.1) is 5.46 Å². The second-order valence-corrected chi connectivity index (χ2v) is 14.7. The van der Waals surface area contributed by atoms with E-state index in [1.807, 2.05) is 0 Å². The molecule has 1 aromatic carbocycles. The molecule has 5 amide bonds. The highest BCUT2D eigenvalue weighted by atomic mass is 16.8. The summed E-state index contributed by atoms with van der Waals surface area (Å²) in [6.07, 6.45) is -2.92. The summed E-state index contributed by atoms with van der Waals surface area (Å²) < 4.78 is 28.1. The fraction of sp³-hybridized carbons (Fsp3) is 0.618. The Labute approximate surface area is 309 Å². The molecule has 0 saturated carbocycles. The molecule has 18 nitrogen and oxygen atoms in total. The third-order valence-electron chi connectivity index (χ3n) is 8.53. The number of esters is 2. The predicted octanol–water partition coefficient (Wildman–Crippen LogP) is -2.48. The van der Waals surface area contributed by atoms with Gasteiger partial charge < -0.3 is 55.8 Å². The van der Waals surface area contributed by atoms with Gasteiger partial charge in [0.25, 0.3) is 5.91 Å². The van der Waals surface area contributed by atoms with Gasteiger partial charge in [0.05, 0.1) is 26.3 Å². The molecule has 0 radical (unpaired) electrons. The molecule has 1 fully saturated rings. The highest BCUT2D eigenvalue weighted by molar-refractivity contribution is 6.76. The number of quaternary nitrogens is 1. The molecule has 2 atom stereocenters. The van der Waals surface area contributed by atoms with Gasteiger partial charge >= 0.3 is 18.7 Å². The molecule has 1 aromatic rings. The Bertz CT molecular complexity index is 1540. The van der Waals surface area contributed by atoms with Crippen molar-refractivity contribution in [2.24, 2.45) is 5.73 Å². The van der Waals surface area contributed by atoms with Crippen LogP contribution in [0, 0.1) is 0 Å². The van der Waals surface area contributed by atoms with E-state index in [2.05, 4.69) is 21.3 Å². The summed E-state index contributed by atoms with van der Waals surface area (Å²) in [6, 6.07) is 6.86. The third-order valence-corrected chi connectivity index (χ3v) is 8.53. The average Bonchev–Trinajstić information content (AvgIpc) is 3.47. The molecule has 1 heterocycles. The lowest BCUT2D eigenvalue weighted by molar-refractivity contribution is -0.720. The summed E-state index contributed by atoms with van der Waals surface area (Å²) in [6.45, 7) is 12.1. The summed E-state index contributed by atoms with van der Waals surface area (Å²) in [5.74, 6) is -4.97. The van der Waals surface area contributed by atoms with Gasteiger partial charge in [0.1, 0.15) is 28.8 Å². The standard InChI is InChI=1S/C34H54BN6O12/c1-12-50-25(43)23-24(26(44)51-13-2)53-35(49-11,52-23)21-17-15-14-16-20(21)18-38-31(3,4)28(46)39-33(7,8)30(48)41-34(9,10)29(47)40-32(5,6)27(45)37-19-22(36)42/h14-17,23-24,38H,12-13,18-19H2,1-11H3,(H2,36,42)(H,37,45)(H,39,46)(H,40,47)(H,41,48)/q-1/p+1/t23-,24-/m1/s1. The van der Waals surface area contributed by atoms with E-state index in [0.717, 1.165) is 0 Å². The first-order chi connectivity index (χ1) is 24.4. The number of rotatable bonds is 18. The fourth-order valence-electron chi connectivity index (χ4n) is 5.16. The molecular weight excluding hydrogens is 695 g/mol. The van der Waals surface area contributed by atoms with Crippen LogP contribution in [0.2, 0.25) is 0 Å². The van der Waals surface area contributed by atoms with Crippen molar-refractivity contribution < 1.29 is 62.3 Å². The van der Waals surface area contributed by atoms with Crippen LogP contribution in [0.5, 0.6) is 0 Å². The van der Waals surface area contributed by atoms with E-state index in [1.165, 1.54) is 48.7 Å². The first-order valence-electron chi connectivity index (χ1n) is 17.2. The number of amides is 5. The summed E-state index contributed by atoms with van der Waals surface area (Å²) >= 11 is 0. The first-order valence-corrected chi connectivity index (χ1v) is 17.2. The highest BCUT2D eigenvalue weighted by Gasteiger charge is 2.52. The van der Waals surface area contributed by atoms with Gasteiger partial charge in [0.2, 0.25) is 23.6 Å². The smallest absolute Gasteiger partial charge is 0.411 e. The lowest BCUT2D eigenvalue weighted by Gasteiger charge is -2.37. The molecular formula is C34H55BN6O12. The second kappa shape index (κ2) is 17.5. The van der Waals surface area contributed by atoms with Crippen LogP contribution < -0.4 is 37.8 Å². The van der Waals surface area contributed by atoms with Gasteiger partial charge in [-0.3, -0.25) is 24.0 Å². The Morgan fingerprint density at radius 2 is 1.17 bits per heavy atom. The van der Waals surface area contributed by atoms with E-state index in [4.69, 9.17) is 29.2 Å². The van der Waals surface area contributed by atoms with Gasteiger partial charge in [-0.2, -0.15) is 0 Å². The Morgan fingerprint density at radius 1 is 0.736 bits per heavy atom. The number of ether oxygens (including phenoxy) is 2. The zero-order chi connectivity index (χ0) is 40.6. The first kappa shape index (κ1) is 44.6. The predicted molar refractivity (Wildman–Crippen MR) is 190 cm³/mol. The molecule has 1 saturated heterocycles. The third kappa shape index (κ3) is 11.2. The summed E-state index contributed by atoms with van der Waals surface area (Å²) in [7, 11) is 1.32. The van der Waals surface area contributed by atoms with E-state index < -0.39 is 89.1 Å². The number of nitrogens with one attached hydrogen (secondary N) is 4. The number of primary amides is 1. The van der Waals surface area contributed by atoms with Gasteiger partial charge in [-0.25, -0.2) is 9.59 Å². The van der Waals surface area contributed by atoms with Crippen LogP contribution in [-0.4, -0.2) is 109 Å². The quantitative estimate of drug-likeness (QED) is 0.0674. The van der Waals surface area contributed by atoms with Gasteiger partial charge in [0, 0.05) is 0 Å². The van der Waals surface area contributed by atoms with Crippen LogP contribution in [0.15, 0.2) is 24.3 Å². The van der Waals surface area contributed by atoms with E-state index in [0.29, 0.717) is 11.0 Å². The number of carbonyl (C=O) groups excluding carboxylic acids is 7. The van der Waals surface area contributed by atoms with Crippen molar-refractivity contribution in [3.63, 3.8) is 0 Å². The van der Waals surface area contributed by atoms with E-state index in [9.17, 15) is 33.6 Å². The van der Waals surface area contributed by atoms with E-state index in [1.54, 1.807) is 57.3 Å². The van der Waals surface area contributed by atoms with Crippen molar-refractivity contribution in [3.8, 4) is 0 Å². The maximum Gasteiger partial charge on any atom is 0.411 e. The molecule has 8 N–H and O–H groups in total. The maximum atomic E-state index is 13.6. The van der Waals surface area contributed by atoms with Crippen LogP contribution in [0.1, 0.15) is 74.8 Å². The van der Waals surface area contributed by atoms with Crippen LogP contribution in [-0.2, 0) is 63.5 Å². The van der Waals surface area contributed by atoms with Crippen molar-refractivity contribution >= 4 is 53.7 Å². The van der Waals surface area contributed by atoms with Crippen molar-refractivity contribution in [2.45, 2.75) is 110 Å². The van der Waals surface area contributed by atoms with Crippen LogP contribution in [0.3, 0.4) is 0 Å². The van der Waals surface area contributed by atoms with Gasteiger partial charge in [0.15, 0.2) is 5.54 Å². The average molecular weight is 751 g/mol. The van der Waals surface area contributed by atoms with Crippen LogP contribution in [0.25, 0.3) is 0 Å². The Balaban J connectivity index is 2.20. The molecule has 0 aromatic heterocycles. The van der Waals surface area contributed by atoms with Crippen molar-refractivity contribution in [3.05, 3.63) is 29.8 Å². The van der Waals surface area contributed by atoms with Crippen molar-refractivity contribution in [1.82, 2.24) is 21.3 Å². The molecule has 19 heteroatoms. The van der Waals surface area contributed by atoms with Crippen molar-refractivity contribution in [2.75, 3.05) is 26.9 Å². The lowest BCUT2D eigenvalue weighted by atomic mass is 9.67. The molecule has 0 bridgehead atoms. The van der Waals surface area contributed by atoms with E-state index >= 15 is 0 Å². The number of benzene rings is 1. The number of hydrogen-bond donors (Lipinski definition) is 6. The molecule has 0 aliphatic carbocycles. The number of hydrogen-bond acceptors (Lipinski definition) is 12. The van der Waals surface area contributed by atoms with E-state index in [-0.39, 0.29) is 19.8 Å². The molecule has 1 aliphatic heterocycles. The normalized spacial score (nSPS) is 17.3. The van der Waals surface area contributed by atoms with Crippen LogP contribution in [0.4, 0.5) is 0 Å². The molecule has 296 valence electrons. The number of carbonyl (C=O) groups is 7. The topological polar surface area (TPSA) is 256 Å². The molecule has 53 heavy (non-hydrogen) atoms. The largest absolute Gasteiger partial charge is 0.543 e. The van der Waals surface area contributed by atoms with Gasteiger partial charge in [-0.05, 0) is 81.9 Å². The highest BCUT2D eigenvalue weighted by Crippen LogP contribution is 2.29. The van der Waals surface area contributed by atoms with Gasteiger partial charge in [-0.1, -0.05) is 24.3 Å². The molecule has 0 unspecified atom stereocenters. The minimum absolute atomic E-state index is 0.0364. The van der Waals surface area contributed by atoms with Crippen molar-refractivity contribution in [1.29, 1.82) is 0 Å². The molecule has 0 spiro atoms. The summed E-state index contributed by atoms with van der Waals surface area (Å²) in [5.41, 5.74) is 0.383. The minimum Gasteiger partial charge on any atom is -0.543 e. The zero-order valence-corrected chi connectivity index (χ0v) is 32.4. The summed E-state index contributed by atoms with van der Waals surface area (Å²) in [5, 5.41) is 11.9. The Kier molecular flexibility index (Phi) is 14.7. The Morgan fingerprint density at radius 3 is 1.60 bits per heavy atom. The monoisotopic (exact) mass is 750 g/mol. The SMILES string of the molecule is CCOC(=O)[C@@H]1O[B-](OC)(c2ccccc2C[NH2+]C(C)(C)C(=O)NC(C)(C)C(=O)NC(C)(C)C(=O)NC(C)(C)C(=O)NCC(N)=O)O[C@H]1C(=O)OCC. The lowest BCUT2D eigenvalue weighted by Crippen LogP contribution is -2.97. The number of nitrogens with two attached hydrogens (primary N) is 2. The Hall–Kier alpha value is -4.59. The maximum absolute atomic E-state index is 13.6.